The number of nitro benzene ring substituents is 1. The zero-order chi connectivity index (χ0) is 17.7. The number of aromatic nitrogens is 1. The SMILES string of the molecule is CC.CC.O=[N+]([O-])c1ccc2c(C3=CN4CCC3CC4)c[nH]c2c1. The van der Waals surface area contributed by atoms with Gasteiger partial charge in [0.25, 0.3) is 5.69 Å². The molecule has 1 aromatic carbocycles. The van der Waals surface area contributed by atoms with Crippen LogP contribution >= 0.6 is 0 Å². The average molecular weight is 329 g/mol. The predicted molar refractivity (Wildman–Crippen MR) is 99.9 cm³/mol. The lowest BCUT2D eigenvalue weighted by Gasteiger charge is -2.39. The van der Waals surface area contributed by atoms with E-state index >= 15 is 0 Å². The van der Waals surface area contributed by atoms with Crippen LogP contribution in [-0.4, -0.2) is 27.9 Å². The van der Waals surface area contributed by atoms with E-state index < -0.39 is 0 Å². The van der Waals surface area contributed by atoms with Gasteiger partial charge in [0.15, 0.2) is 0 Å². The molecule has 0 atom stereocenters. The first-order valence-corrected chi connectivity index (χ1v) is 8.94. The summed E-state index contributed by atoms with van der Waals surface area (Å²) in [6.45, 7) is 10.3. The maximum Gasteiger partial charge on any atom is 0.271 e. The van der Waals surface area contributed by atoms with Crippen LogP contribution in [0.4, 0.5) is 5.69 Å². The number of nitrogens with one attached hydrogen (secondary N) is 1. The number of non-ortho nitro benzene ring substituents is 1. The molecule has 3 aliphatic heterocycles. The van der Waals surface area contributed by atoms with Gasteiger partial charge in [0.1, 0.15) is 0 Å². The normalized spacial score (nSPS) is 16.0. The number of fused-ring (bicyclic) bond motifs is 3. The van der Waals surface area contributed by atoms with E-state index in [1.165, 1.54) is 24.0 Å². The minimum atomic E-state index is -0.354. The Bertz CT molecular complexity index is 725. The number of hydrogen-bond acceptors (Lipinski definition) is 3. The van der Waals surface area contributed by atoms with Crippen molar-refractivity contribution in [1.29, 1.82) is 0 Å². The molecule has 1 fully saturated rings. The molecule has 0 radical (unpaired) electrons. The quantitative estimate of drug-likeness (QED) is 0.609. The van der Waals surface area contributed by atoms with Crippen molar-refractivity contribution < 1.29 is 4.92 Å². The van der Waals surface area contributed by atoms with Gasteiger partial charge in [-0.15, -0.1) is 0 Å². The highest BCUT2D eigenvalue weighted by molar-refractivity contribution is 5.94. The second kappa shape index (κ2) is 7.99. The third-order valence-electron chi connectivity index (χ3n) is 4.48. The summed E-state index contributed by atoms with van der Waals surface area (Å²) in [6.07, 6.45) is 6.68. The summed E-state index contributed by atoms with van der Waals surface area (Å²) in [5.74, 6) is 0.634. The molecule has 3 aliphatic rings. The van der Waals surface area contributed by atoms with Crippen LogP contribution in [0.1, 0.15) is 46.1 Å². The Morgan fingerprint density at radius 2 is 1.83 bits per heavy atom. The molecule has 0 amide bonds. The smallest absolute Gasteiger partial charge is 0.271 e. The second-order valence-corrected chi connectivity index (χ2v) is 5.58. The van der Waals surface area contributed by atoms with E-state index in [0.29, 0.717) is 5.92 Å². The predicted octanol–water partition coefficient (Wildman–Crippen LogP) is 5.20. The van der Waals surface area contributed by atoms with Crippen LogP contribution in [0.5, 0.6) is 0 Å². The van der Waals surface area contributed by atoms with Crippen LogP contribution in [0.25, 0.3) is 16.5 Å². The van der Waals surface area contributed by atoms with Crippen LogP contribution in [0.15, 0.2) is 30.6 Å². The number of allylic oxidation sites excluding steroid dienone is 1. The topological polar surface area (TPSA) is 62.2 Å². The molecule has 1 saturated heterocycles. The maximum absolute atomic E-state index is 10.8. The standard InChI is InChI=1S/C15H15N3O2.2C2H6/c19-18(20)11-1-2-12-13(8-16-15(12)7-11)14-9-17-5-3-10(14)4-6-17;2*1-2/h1-2,7-10,16H,3-6H2;2*1-2H3. The summed E-state index contributed by atoms with van der Waals surface area (Å²) < 4.78 is 0. The summed E-state index contributed by atoms with van der Waals surface area (Å²) in [7, 11) is 0. The molecule has 5 nitrogen and oxygen atoms in total. The van der Waals surface area contributed by atoms with Gasteiger partial charge in [-0.2, -0.15) is 0 Å². The van der Waals surface area contributed by atoms with Gasteiger partial charge < -0.3 is 9.88 Å². The largest absolute Gasteiger partial charge is 0.377 e. The van der Waals surface area contributed by atoms with Crippen molar-refractivity contribution in [2.75, 3.05) is 13.1 Å². The first-order valence-electron chi connectivity index (χ1n) is 8.94. The first-order chi connectivity index (χ1) is 11.7. The van der Waals surface area contributed by atoms with Crippen molar-refractivity contribution in [2.24, 2.45) is 5.92 Å². The van der Waals surface area contributed by atoms with Crippen molar-refractivity contribution in [3.8, 4) is 0 Å². The number of rotatable bonds is 2. The minimum Gasteiger partial charge on any atom is -0.377 e. The van der Waals surface area contributed by atoms with E-state index in [9.17, 15) is 10.1 Å². The molecular formula is C19H27N3O2. The van der Waals surface area contributed by atoms with E-state index in [2.05, 4.69) is 16.1 Å². The van der Waals surface area contributed by atoms with Crippen LogP contribution in [0, 0.1) is 16.0 Å². The lowest BCUT2D eigenvalue weighted by molar-refractivity contribution is -0.384. The monoisotopic (exact) mass is 329 g/mol. The fourth-order valence-corrected chi connectivity index (χ4v) is 3.40. The first kappa shape index (κ1) is 18.0. The molecule has 5 heteroatoms. The van der Waals surface area contributed by atoms with E-state index in [0.717, 1.165) is 24.0 Å². The number of piperidine rings is 1. The number of hydrogen-bond donors (Lipinski definition) is 1. The summed E-state index contributed by atoms with van der Waals surface area (Å²) in [4.78, 5) is 16.0. The van der Waals surface area contributed by atoms with E-state index in [-0.39, 0.29) is 10.6 Å². The zero-order valence-electron chi connectivity index (χ0n) is 15.0. The van der Waals surface area contributed by atoms with Gasteiger partial charge in [-0.25, -0.2) is 0 Å². The number of nitro groups is 1. The number of H-pyrrole nitrogens is 1. The third kappa shape index (κ3) is 3.30. The summed E-state index contributed by atoms with van der Waals surface area (Å²) >= 11 is 0. The fraction of sp³-hybridized carbons (Fsp3) is 0.474. The summed E-state index contributed by atoms with van der Waals surface area (Å²) in [5.41, 5.74) is 3.55. The van der Waals surface area contributed by atoms with Gasteiger partial charge in [-0.1, -0.05) is 27.7 Å². The van der Waals surface area contributed by atoms with Crippen molar-refractivity contribution in [3.63, 3.8) is 0 Å². The molecule has 5 rings (SSSR count). The Morgan fingerprint density at radius 3 is 2.38 bits per heavy atom. The Labute approximate surface area is 143 Å². The minimum absolute atomic E-state index is 0.133. The van der Waals surface area contributed by atoms with Crippen molar-refractivity contribution in [2.45, 2.75) is 40.5 Å². The lowest BCUT2D eigenvalue weighted by Crippen LogP contribution is -2.35. The molecular weight excluding hydrogens is 302 g/mol. The maximum atomic E-state index is 10.8. The highest BCUT2D eigenvalue weighted by atomic mass is 16.6. The Morgan fingerprint density at radius 1 is 1.17 bits per heavy atom. The lowest BCUT2D eigenvalue weighted by atomic mass is 9.82. The van der Waals surface area contributed by atoms with Gasteiger partial charge in [-0.3, -0.25) is 10.1 Å². The van der Waals surface area contributed by atoms with E-state index in [4.69, 9.17) is 0 Å². The zero-order valence-corrected chi connectivity index (χ0v) is 15.0. The highest BCUT2D eigenvalue weighted by Crippen LogP contribution is 2.40. The molecule has 1 N–H and O–H groups in total. The molecule has 0 saturated carbocycles. The van der Waals surface area contributed by atoms with Gasteiger partial charge in [0, 0.05) is 48.6 Å². The molecule has 0 spiro atoms. The molecule has 130 valence electrons. The Balaban J connectivity index is 0.000000487. The molecule has 2 aromatic rings. The Kier molecular flexibility index (Phi) is 6.01. The number of benzene rings is 1. The summed E-state index contributed by atoms with van der Waals surface area (Å²) in [6, 6.07) is 5.06. The number of nitrogens with zero attached hydrogens (tertiary/aromatic N) is 2. The van der Waals surface area contributed by atoms with Gasteiger partial charge in [0.2, 0.25) is 0 Å². The van der Waals surface area contributed by atoms with Crippen molar-refractivity contribution >= 4 is 22.2 Å². The second-order valence-electron chi connectivity index (χ2n) is 5.58. The number of aromatic amines is 1. The van der Waals surface area contributed by atoms with E-state index in [1.807, 2.05) is 40.0 Å². The van der Waals surface area contributed by atoms with Crippen molar-refractivity contribution in [3.05, 3.63) is 46.3 Å². The molecule has 1 aromatic heterocycles. The molecule has 0 aliphatic carbocycles. The van der Waals surface area contributed by atoms with Gasteiger partial charge >= 0.3 is 0 Å². The molecule has 2 bridgehead atoms. The van der Waals surface area contributed by atoms with Crippen LogP contribution in [-0.2, 0) is 0 Å². The van der Waals surface area contributed by atoms with Gasteiger partial charge in [-0.05, 0) is 30.4 Å². The Hall–Kier alpha value is -2.30. The third-order valence-corrected chi connectivity index (χ3v) is 4.48. The van der Waals surface area contributed by atoms with Crippen molar-refractivity contribution in [1.82, 2.24) is 9.88 Å². The molecule has 0 unspecified atom stereocenters. The van der Waals surface area contributed by atoms with Gasteiger partial charge in [0.05, 0.1) is 10.4 Å². The molecule has 24 heavy (non-hydrogen) atoms. The van der Waals surface area contributed by atoms with Crippen LogP contribution < -0.4 is 0 Å². The fourth-order valence-electron chi connectivity index (χ4n) is 3.40. The van der Waals surface area contributed by atoms with Crippen LogP contribution in [0.2, 0.25) is 0 Å². The van der Waals surface area contributed by atoms with E-state index in [1.54, 1.807) is 12.1 Å². The average Bonchev–Trinajstić information content (AvgIpc) is 3.09. The summed E-state index contributed by atoms with van der Waals surface area (Å²) in [5, 5.41) is 11.9. The molecule has 4 heterocycles. The highest BCUT2D eigenvalue weighted by Gasteiger charge is 2.29. The van der Waals surface area contributed by atoms with Crippen LogP contribution in [0.3, 0.4) is 0 Å².